The zero-order valence-electron chi connectivity index (χ0n) is 11.8. The number of anilines is 1. The van der Waals surface area contributed by atoms with E-state index in [9.17, 15) is 0 Å². The van der Waals surface area contributed by atoms with E-state index in [1.54, 1.807) is 0 Å². The lowest BCUT2D eigenvalue weighted by Gasteiger charge is -2.25. The van der Waals surface area contributed by atoms with Crippen LogP contribution < -0.4 is 10.6 Å². The van der Waals surface area contributed by atoms with Gasteiger partial charge >= 0.3 is 0 Å². The second kappa shape index (κ2) is 5.90. The van der Waals surface area contributed by atoms with E-state index in [4.69, 9.17) is 11.1 Å². The van der Waals surface area contributed by atoms with Crippen LogP contribution in [0.2, 0.25) is 0 Å². The molecule has 108 valence electrons. The van der Waals surface area contributed by atoms with Crippen LogP contribution >= 0.6 is 15.9 Å². The zero-order chi connectivity index (χ0) is 14.8. The Labute approximate surface area is 133 Å². The van der Waals surface area contributed by atoms with Gasteiger partial charge in [0.25, 0.3) is 0 Å². The third-order valence-electron chi connectivity index (χ3n) is 3.94. The molecule has 3 nitrogen and oxygen atoms in total. The highest BCUT2D eigenvalue weighted by molar-refractivity contribution is 9.10. The summed E-state index contributed by atoms with van der Waals surface area (Å²) in [5.41, 5.74) is 10.4. The van der Waals surface area contributed by atoms with Gasteiger partial charge in [0.05, 0.1) is 0 Å². The number of amidine groups is 1. The van der Waals surface area contributed by atoms with Crippen molar-refractivity contribution in [3.8, 4) is 0 Å². The van der Waals surface area contributed by atoms with Crippen LogP contribution in [-0.2, 0) is 13.0 Å². The first-order valence-electron chi connectivity index (χ1n) is 7.11. The molecule has 1 aliphatic rings. The minimum Gasteiger partial charge on any atom is -0.384 e. The summed E-state index contributed by atoms with van der Waals surface area (Å²) in [6.07, 6.45) is 2.23. The molecule has 0 saturated carbocycles. The highest BCUT2D eigenvalue weighted by Crippen LogP contribution is 2.28. The van der Waals surface area contributed by atoms with Crippen molar-refractivity contribution < 1.29 is 0 Å². The number of aryl methyl sites for hydroxylation is 1. The number of hydrogen-bond acceptors (Lipinski definition) is 2. The van der Waals surface area contributed by atoms with Crippen LogP contribution in [0.15, 0.2) is 46.9 Å². The van der Waals surface area contributed by atoms with Crippen molar-refractivity contribution in [1.29, 1.82) is 5.41 Å². The van der Waals surface area contributed by atoms with Gasteiger partial charge in [0.2, 0.25) is 0 Å². The molecule has 0 fully saturated rings. The highest BCUT2D eigenvalue weighted by atomic mass is 79.9. The maximum Gasteiger partial charge on any atom is 0.124 e. The Morgan fingerprint density at radius 3 is 2.67 bits per heavy atom. The molecule has 21 heavy (non-hydrogen) atoms. The number of hydrogen-bond donors (Lipinski definition) is 2. The summed E-state index contributed by atoms with van der Waals surface area (Å²) in [4.78, 5) is 2.33. The summed E-state index contributed by atoms with van der Waals surface area (Å²) in [7, 11) is 0. The molecule has 0 aromatic heterocycles. The molecule has 0 unspecified atom stereocenters. The predicted octanol–water partition coefficient (Wildman–Crippen LogP) is 3.69. The van der Waals surface area contributed by atoms with Crippen molar-refractivity contribution in [1.82, 2.24) is 0 Å². The van der Waals surface area contributed by atoms with E-state index in [-0.39, 0.29) is 5.84 Å². The van der Waals surface area contributed by atoms with Crippen LogP contribution in [0.25, 0.3) is 0 Å². The van der Waals surface area contributed by atoms with E-state index in [0.717, 1.165) is 41.7 Å². The molecular formula is C17H18BrN3. The van der Waals surface area contributed by atoms with Gasteiger partial charge in [0.15, 0.2) is 0 Å². The van der Waals surface area contributed by atoms with Crippen LogP contribution in [0.5, 0.6) is 0 Å². The number of nitrogens with zero attached hydrogens (tertiary/aromatic N) is 1. The first-order valence-corrected chi connectivity index (χ1v) is 7.90. The number of benzene rings is 2. The molecule has 0 amide bonds. The van der Waals surface area contributed by atoms with Gasteiger partial charge in [-0.15, -0.1) is 0 Å². The van der Waals surface area contributed by atoms with Gasteiger partial charge in [-0.05, 0) is 42.2 Å². The summed E-state index contributed by atoms with van der Waals surface area (Å²) >= 11 is 3.46. The van der Waals surface area contributed by atoms with Gasteiger partial charge in [0.1, 0.15) is 5.84 Å². The standard InChI is InChI=1S/C17H18BrN3/c18-14-7-8-16(15(10-14)17(19)20)21-9-3-6-12-4-1-2-5-13(12)11-21/h1-2,4-5,7-8,10H,3,6,9,11H2,(H3,19,20). The molecule has 0 radical (unpaired) electrons. The monoisotopic (exact) mass is 343 g/mol. The van der Waals surface area contributed by atoms with Crippen LogP contribution in [0, 0.1) is 5.41 Å². The topological polar surface area (TPSA) is 53.1 Å². The SMILES string of the molecule is N=C(N)c1cc(Br)ccc1N1CCCc2ccccc2C1. The molecule has 1 heterocycles. The average Bonchev–Trinajstić information content (AvgIpc) is 2.69. The van der Waals surface area contributed by atoms with Gasteiger partial charge in [-0.1, -0.05) is 40.2 Å². The Bertz CT molecular complexity index is 681. The number of rotatable bonds is 2. The van der Waals surface area contributed by atoms with Crippen molar-refractivity contribution in [3.05, 3.63) is 63.6 Å². The van der Waals surface area contributed by atoms with Crippen molar-refractivity contribution in [2.24, 2.45) is 5.73 Å². The average molecular weight is 344 g/mol. The molecule has 0 spiro atoms. The minimum absolute atomic E-state index is 0.115. The largest absolute Gasteiger partial charge is 0.384 e. The fraction of sp³-hybridized carbons (Fsp3) is 0.235. The maximum absolute atomic E-state index is 7.82. The lowest BCUT2D eigenvalue weighted by Crippen LogP contribution is -2.26. The van der Waals surface area contributed by atoms with E-state index in [0.29, 0.717) is 0 Å². The maximum atomic E-state index is 7.82. The van der Waals surface area contributed by atoms with Gasteiger partial charge < -0.3 is 10.6 Å². The molecule has 2 aromatic carbocycles. The van der Waals surface area contributed by atoms with E-state index in [1.807, 2.05) is 12.1 Å². The van der Waals surface area contributed by atoms with Crippen LogP contribution in [0.3, 0.4) is 0 Å². The van der Waals surface area contributed by atoms with Crippen molar-refractivity contribution in [2.45, 2.75) is 19.4 Å². The summed E-state index contributed by atoms with van der Waals surface area (Å²) in [6, 6.07) is 14.6. The summed E-state index contributed by atoms with van der Waals surface area (Å²) in [5.74, 6) is 0.115. The second-order valence-electron chi connectivity index (χ2n) is 5.37. The van der Waals surface area contributed by atoms with E-state index in [2.05, 4.69) is 51.2 Å². The number of nitrogen functional groups attached to an aromatic ring is 1. The third kappa shape index (κ3) is 2.95. The zero-order valence-corrected chi connectivity index (χ0v) is 13.4. The molecule has 4 heteroatoms. The summed E-state index contributed by atoms with van der Waals surface area (Å²) < 4.78 is 0.951. The second-order valence-corrected chi connectivity index (χ2v) is 6.28. The number of nitrogens with one attached hydrogen (secondary N) is 1. The van der Waals surface area contributed by atoms with E-state index in [1.165, 1.54) is 11.1 Å². The molecular weight excluding hydrogens is 326 g/mol. The van der Waals surface area contributed by atoms with Crippen LogP contribution in [-0.4, -0.2) is 12.4 Å². The van der Waals surface area contributed by atoms with Crippen molar-refractivity contribution >= 4 is 27.5 Å². The van der Waals surface area contributed by atoms with Gasteiger partial charge in [-0.3, -0.25) is 5.41 Å². The fourth-order valence-corrected chi connectivity index (χ4v) is 3.27. The Balaban J connectivity index is 2.00. The molecule has 1 aliphatic heterocycles. The molecule has 2 aromatic rings. The Hall–Kier alpha value is -1.81. The number of fused-ring (bicyclic) bond motifs is 1. The summed E-state index contributed by atoms with van der Waals surface area (Å²) in [6.45, 7) is 1.86. The Morgan fingerprint density at radius 2 is 1.90 bits per heavy atom. The molecule has 3 N–H and O–H groups in total. The predicted molar refractivity (Wildman–Crippen MR) is 91.0 cm³/mol. The van der Waals surface area contributed by atoms with Gasteiger partial charge in [-0.2, -0.15) is 0 Å². The normalized spacial score (nSPS) is 14.4. The number of halogens is 1. The molecule has 0 saturated heterocycles. The van der Waals surface area contributed by atoms with Crippen LogP contribution in [0.4, 0.5) is 5.69 Å². The van der Waals surface area contributed by atoms with Crippen LogP contribution in [0.1, 0.15) is 23.1 Å². The van der Waals surface area contributed by atoms with Crippen molar-refractivity contribution in [2.75, 3.05) is 11.4 Å². The van der Waals surface area contributed by atoms with E-state index < -0.39 is 0 Å². The Kier molecular flexibility index (Phi) is 3.97. The molecule has 0 atom stereocenters. The van der Waals surface area contributed by atoms with Crippen molar-refractivity contribution in [3.63, 3.8) is 0 Å². The third-order valence-corrected chi connectivity index (χ3v) is 4.44. The smallest absolute Gasteiger partial charge is 0.124 e. The molecule has 3 rings (SSSR count). The van der Waals surface area contributed by atoms with E-state index >= 15 is 0 Å². The first-order chi connectivity index (χ1) is 10.1. The lowest BCUT2D eigenvalue weighted by atomic mass is 10.0. The van der Waals surface area contributed by atoms with Gasteiger partial charge in [-0.25, -0.2) is 0 Å². The number of nitrogens with two attached hydrogens (primary N) is 1. The highest BCUT2D eigenvalue weighted by Gasteiger charge is 2.18. The fourth-order valence-electron chi connectivity index (χ4n) is 2.91. The minimum atomic E-state index is 0.115. The quantitative estimate of drug-likeness (QED) is 0.645. The molecule has 0 aliphatic carbocycles. The van der Waals surface area contributed by atoms with Gasteiger partial charge in [0, 0.05) is 28.8 Å². The Morgan fingerprint density at radius 1 is 1.14 bits per heavy atom. The molecule has 0 bridgehead atoms. The lowest BCUT2D eigenvalue weighted by molar-refractivity contribution is 0.765. The summed E-state index contributed by atoms with van der Waals surface area (Å²) in [5, 5.41) is 7.82. The first kappa shape index (κ1) is 14.1.